The molecule has 2 nitrogen and oxygen atoms in total. The Morgan fingerprint density at radius 1 is 1.36 bits per heavy atom. The van der Waals surface area contributed by atoms with Gasteiger partial charge in [0.1, 0.15) is 5.82 Å². The lowest BCUT2D eigenvalue weighted by atomic mass is 9.86. The van der Waals surface area contributed by atoms with Gasteiger partial charge in [-0.1, -0.05) is 38.1 Å². The Labute approximate surface area is 83.1 Å². The predicted molar refractivity (Wildman–Crippen MR) is 54.2 cm³/mol. The first-order valence-corrected chi connectivity index (χ1v) is 4.43. The summed E-state index contributed by atoms with van der Waals surface area (Å²) >= 11 is 0. The van der Waals surface area contributed by atoms with Crippen LogP contribution in [0.1, 0.15) is 26.3 Å². The number of rotatable bonds is 1. The SMILES string of the molecule is CC(C)(C)C(=NO)c1cccc(F)c1. The highest BCUT2D eigenvalue weighted by atomic mass is 19.1. The van der Waals surface area contributed by atoms with Crippen molar-refractivity contribution in [3.8, 4) is 0 Å². The van der Waals surface area contributed by atoms with Crippen LogP contribution in [0.4, 0.5) is 4.39 Å². The van der Waals surface area contributed by atoms with Gasteiger partial charge in [-0.2, -0.15) is 0 Å². The molecule has 0 aliphatic heterocycles. The van der Waals surface area contributed by atoms with Crippen LogP contribution in [0.25, 0.3) is 0 Å². The van der Waals surface area contributed by atoms with Gasteiger partial charge in [-0.05, 0) is 12.1 Å². The lowest BCUT2D eigenvalue weighted by Gasteiger charge is -2.19. The Kier molecular flexibility index (Phi) is 2.89. The lowest BCUT2D eigenvalue weighted by molar-refractivity contribution is 0.311. The van der Waals surface area contributed by atoms with Crippen LogP contribution in [0.3, 0.4) is 0 Å². The molecule has 0 atom stereocenters. The minimum atomic E-state index is -0.326. The Morgan fingerprint density at radius 2 is 2.00 bits per heavy atom. The molecule has 0 radical (unpaired) electrons. The van der Waals surface area contributed by atoms with Gasteiger partial charge in [0.05, 0.1) is 5.71 Å². The van der Waals surface area contributed by atoms with Crippen LogP contribution in [0.2, 0.25) is 0 Å². The van der Waals surface area contributed by atoms with Crippen molar-refractivity contribution in [2.75, 3.05) is 0 Å². The van der Waals surface area contributed by atoms with Crippen molar-refractivity contribution in [2.24, 2.45) is 10.6 Å². The van der Waals surface area contributed by atoms with E-state index in [0.29, 0.717) is 11.3 Å². The Morgan fingerprint density at radius 3 is 2.43 bits per heavy atom. The van der Waals surface area contributed by atoms with E-state index in [1.54, 1.807) is 12.1 Å². The summed E-state index contributed by atoms with van der Waals surface area (Å²) in [4.78, 5) is 0. The van der Waals surface area contributed by atoms with Gasteiger partial charge in [0, 0.05) is 11.0 Å². The first kappa shape index (κ1) is 10.7. The molecule has 0 spiro atoms. The van der Waals surface area contributed by atoms with E-state index in [-0.39, 0.29) is 11.2 Å². The van der Waals surface area contributed by atoms with Crippen LogP contribution >= 0.6 is 0 Å². The fourth-order valence-electron chi connectivity index (χ4n) is 1.28. The van der Waals surface area contributed by atoms with Crippen LogP contribution in [-0.2, 0) is 0 Å². The zero-order valence-corrected chi connectivity index (χ0v) is 8.58. The number of halogens is 1. The third-order valence-corrected chi connectivity index (χ3v) is 1.91. The molecular weight excluding hydrogens is 181 g/mol. The molecule has 0 bridgehead atoms. The van der Waals surface area contributed by atoms with Crippen LogP contribution in [0.5, 0.6) is 0 Å². The van der Waals surface area contributed by atoms with Gasteiger partial charge in [-0.3, -0.25) is 0 Å². The average Bonchev–Trinajstić information content (AvgIpc) is 2.02. The summed E-state index contributed by atoms with van der Waals surface area (Å²) in [6, 6.07) is 6.05. The third kappa shape index (κ3) is 2.31. The van der Waals surface area contributed by atoms with Crippen molar-refractivity contribution in [3.05, 3.63) is 35.6 Å². The highest BCUT2D eigenvalue weighted by Crippen LogP contribution is 2.22. The number of benzene rings is 1. The quantitative estimate of drug-likeness (QED) is 0.417. The molecule has 0 heterocycles. The van der Waals surface area contributed by atoms with Crippen LogP contribution in [0, 0.1) is 11.2 Å². The van der Waals surface area contributed by atoms with Crippen molar-refractivity contribution >= 4 is 5.71 Å². The zero-order chi connectivity index (χ0) is 10.8. The van der Waals surface area contributed by atoms with Crippen LogP contribution in [0.15, 0.2) is 29.4 Å². The van der Waals surface area contributed by atoms with E-state index in [0.717, 1.165) is 0 Å². The second-order valence-electron chi connectivity index (χ2n) is 4.21. The van der Waals surface area contributed by atoms with Gasteiger partial charge in [0.25, 0.3) is 0 Å². The molecule has 76 valence electrons. The Bertz CT molecular complexity index is 353. The number of hydrogen-bond donors (Lipinski definition) is 1. The minimum Gasteiger partial charge on any atom is -0.411 e. The maximum atomic E-state index is 12.9. The topological polar surface area (TPSA) is 32.6 Å². The van der Waals surface area contributed by atoms with Crippen LogP contribution < -0.4 is 0 Å². The van der Waals surface area contributed by atoms with E-state index in [2.05, 4.69) is 5.16 Å². The third-order valence-electron chi connectivity index (χ3n) is 1.91. The zero-order valence-electron chi connectivity index (χ0n) is 8.58. The van der Waals surface area contributed by atoms with E-state index in [1.807, 2.05) is 20.8 Å². The fraction of sp³-hybridized carbons (Fsp3) is 0.364. The molecule has 0 aliphatic carbocycles. The molecule has 0 aliphatic rings. The van der Waals surface area contributed by atoms with Crippen LogP contribution in [-0.4, -0.2) is 10.9 Å². The van der Waals surface area contributed by atoms with E-state index < -0.39 is 0 Å². The second-order valence-corrected chi connectivity index (χ2v) is 4.21. The highest BCUT2D eigenvalue weighted by Gasteiger charge is 2.21. The van der Waals surface area contributed by atoms with Crippen molar-refractivity contribution < 1.29 is 9.60 Å². The van der Waals surface area contributed by atoms with E-state index in [9.17, 15) is 4.39 Å². The maximum absolute atomic E-state index is 12.9. The van der Waals surface area contributed by atoms with E-state index in [1.165, 1.54) is 12.1 Å². The smallest absolute Gasteiger partial charge is 0.123 e. The molecule has 0 saturated heterocycles. The number of nitrogens with zero attached hydrogens (tertiary/aromatic N) is 1. The first-order chi connectivity index (χ1) is 6.45. The number of hydrogen-bond acceptors (Lipinski definition) is 2. The number of oxime groups is 1. The molecular formula is C11H14FNO. The molecule has 3 heteroatoms. The Balaban J connectivity index is 3.16. The molecule has 1 aromatic rings. The van der Waals surface area contributed by atoms with Crippen molar-refractivity contribution in [2.45, 2.75) is 20.8 Å². The highest BCUT2D eigenvalue weighted by molar-refractivity contribution is 6.03. The summed E-state index contributed by atoms with van der Waals surface area (Å²) in [5, 5.41) is 12.1. The van der Waals surface area contributed by atoms with Gasteiger partial charge >= 0.3 is 0 Å². The van der Waals surface area contributed by atoms with Gasteiger partial charge < -0.3 is 5.21 Å². The molecule has 0 saturated carbocycles. The van der Waals surface area contributed by atoms with Gasteiger partial charge in [-0.25, -0.2) is 4.39 Å². The van der Waals surface area contributed by atoms with Crippen molar-refractivity contribution in [1.82, 2.24) is 0 Å². The summed E-state index contributed by atoms with van der Waals surface area (Å²) < 4.78 is 12.9. The molecule has 0 unspecified atom stereocenters. The minimum absolute atomic E-state index is 0.303. The molecule has 0 aromatic heterocycles. The summed E-state index contributed by atoms with van der Waals surface area (Å²) in [6.45, 7) is 5.73. The normalized spacial score (nSPS) is 13.0. The molecule has 0 amide bonds. The molecule has 1 aromatic carbocycles. The molecule has 0 fully saturated rings. The summed E-state index contributed by atoms with van der Waals surface area (Å²) in [7, 11) is 0. The van der Waals surface area contributed by atoms with Gasteiger partial charge in [0.2, 0.25) is 0 Å². The Hall–Kier alpha value is -1.38. The van der Waals surface area contributed by atoms with Crippen molar-refractivity contribution in [1.29, 1.82) is 0 Å². The average molecular weight is 195 g/mol. The molecule has 14 heavy (non-hydrogen) atoms. The molecule has 1 rings (SSSR count). The second kappa shape index (κ2) is 3.78. The summed E-state index contributed by atoms with van der Waals surface area (Å²) in [6.07, 6.45) is 0. The van der Waals surface area contributed by atoms with Crippen molar-refractivity contribution in [3.63, 3.8) is 0 Å². The van der Waals surface area contributed by atoms with Gasteiger partial charge in [0.15, 0.2) is 0 Å². The summed E-state index contributed by atoms with van der Waals surface area (Å²) in [5.74, 6) is -0.326. The van der Waals surface area contributed by atoms with E-state index >= 15 is 0 Å². The van der Waals surface area contributed by atoms with Gasteiger partial charge in [-0.15, -0.1) is 0 Å². The first-order valence-electron chi connectivity index (χ1n) is 4.43. The lowest BCUT2D eigenvalue weighted by Crippen LogP contribution is -2.21. The summed E-state index contributed by atoms with van der Waals surface area (Å²) in [5.41, 5.74) is 0.791. The monoisotopic (exact) mass is 195 g/mol. The largest absolute Gasteiger partial charge is 0.411 e. The predicted octanol–water partition coefficient (Wildman–Crippen LogP) is 3.05. The standard InChI is InChI=1S/C11H14FNO/c1-11(2,3)10(13-14)8-5-4-6-9(12)7-8/h4-7,14H,1-3H3. The maximum Gasteiger partial charge on any atom is 0.123 e. The van der Waals surface area contributed by atoms with E-state index in [4.69, 9.17) is 5.21 Å². The molecule has 1 N–H and O–H groups in total. The fourth-order valence-corrected chi connectivity index (χ4v) is 1.28.